The molecule has 1 atom stereocenters. The molecule has 2 aromatic heterocycles. The smallest absolute Gasteiger partial charge is 0.344 e. The third kappa shape index (κ3) is 4.99. The normalized spacial score (nSPS) is 15.3. The third-order valence-electron chi connectivity index (χ3n) is 4.54. The highest BCUT2D eigenvalue weighted by Gasteiger charge is 2.34. The molecule has 0 bridgehead atoms. The number of thiophene rings is 2. The second-order valence-corrected chi connectivity index (χ2v) is 8.51. The molecule has 0 saturated heterocycles. The number of carbonyl (C=O) groups excluding carboxylic acids is 2. The van der Waals surface area contributed by atoms with Crippen molar-refractivity contribution in [2.45, 2.75) is 12.5 Å². The van der Waals surface area contributed by atoms with Crippen LogP contribution in [0, 0.1) is 11.3 Å². The first-order chi connectivity index (χ1) is 15.1. The summed E-state index contributed by atoms with van der Waals surface area (Å²) in [6.45, 7) is -0.754. The Balaban J connectivity index is 1.35. The molecule has 1 unspecified atom stereocenters. The average molecular weight is 452 g/mol. The van der Waals surface area contributed by atoms with Gasteiger partial charge in [0, 0.05) is 11.3 Å². The van der Waals surface area contributed by atoms with Gasteiger partial charge in [-0.15, -0.1) is 22.7 Å². The molecule has 1 amide bonds. The molecule has 9 heteroatoms. The lowest BCUT2D eigenvalue weighted by Gasteiger charge is -2.20. The summed E-state index contributed by atoms with van der Waals surface area (Å²) in [4.78, 5) is 26.9. The van der Waals surface area contributed by atoms with Crippen LogP contribution in [-0.2, 0) is 14.3 Å². The van der Waals surface area contributed by atoms with Gasteiger partial charge in [-0.3, -0.25) is 4.79 Å². The number of hydrogen-bond acceptors (Lipinski definition) is 8. The topological polar surface area (TPSA) is 92.0 Å². The Bertz CT molecular complexity index is 1120. The van der Waals surface area contributed by atoms with E-state index in [1.807, 2.05) is 41.1 Å². The first-order valence-electron chi connectivity index (χ1n) is 9.39. The van der Waals surface area contributed by atoms with E-state index in [1.165, 1.54) is 5.01 Å². The molecule has 0 saturated carbocycles. The zero-order valence-electron chi connectivity index (χ0n) is 16.3. The second-order valence-electron chi connectivity index (χ2n) is 6.58. The van der Waals surface area contributed by atoms with Crippen molar-refractivity contribution in [2.75, 3.05) is 13.2 Å². The molecule has 4 rings (SSSR count). The number of hydrazone groups is 1. The lowest BCUT2D eigenvalue weighted by atomic mass is 10.1. The molecule has 1 aliphatic rings. The van der Waals surface area contributed by atoms with Crippen LogP contribution in [0.5, 0.6) is 5.75 Å². The molecule has 31 heavy (non-hydrogen) atoms. The second kappa shape index (κ2) is 9.55. The zero-order valence-corrected chi connectivity index (χ0v) is 17.9. The predicted octanol–water partition coefficient (Wildman–Crippen LogP) is 3.98. The average Bonchev–Trinajstić information content (AvgIpc) is 3.56. The first kappa shape index (κ1) is 20.8. The van der Waals surface area contributed by atoms with Crippen LogP contribution >= 0.6 is 22.7 Å². The number of nitrogens with zero attached hydrogens (tertiary/aromatic N) is 3. The molecule has 3 aromatic rings. The Morgan fingerprint density at radius 1 is 1.10 bits per heavy atom. The molecular formula is C22H17N3O4S2. The van der Waals surface area contributed by atoms with Gasteiger partial charge in [-0.1, -0.05) is 12.1 Å². The van der Waals surface area contributed by atoms with Gasteiger partial charge in [0.05, 0.1) is 28.3 Å². The van der Waals surface area contributed by atoms with E-state index < -0.39 is 18.5 Å². The van der Waals surface area contributed by atoms with E-state index in [2.05, 4.69) is 5.10 Å². The van der Waals surface area contributed by atoms with Crippen molar-refractivity contribution in [3.63, 3.8) is 0 Å². The summed E-state index contributed by atoms with van der Waals surface area (Å²) in [5.41, 5.74) is 1.34. The maximum absolute atomic E-state index is 12.8. The van der Waals surface area contributed by atoms with E-state index in [1.54, 1.807) is 46.9 Å². The number of esters is 1. The van der Waals surface area contributed by atoms with E-state index in [0.29, 0.717) is 17.7 Å². The molecule has 156 valence electrons. The molecule has 0 radical (unpaired) electrons. The van der Waals surface area contributed by atoms with Crippen LogP contribution in [-0.4, -0.2) is 35.8 Å². The van der Waals surface area contributed by atoms with E-state index >= 15 is 0 Å². The Morgan fingerprint density at radius 3 is 2.55 bits per heavy atom. The van der Waals surface area contributed by atoms with Crippen LogP contribution in [0.3, 0.4) is 0 Å². The fraction of sp³-hybridized carbons (Fsp3) is 0.182. The van der Waals surface area contributed by atoms with Gasteiger partial charge in [0.15, 0.2) is 13.2 Å². The number of nitriles is 1. The number of ether oxygens (including phenoxy) is 2. The molecular weight excluding hydrogens is 434 g/mol. The van der Waals surface area contributed by atoms with Crippen LogP contribution < -0.4 is 4.74 Å². The van der Waals surface area contributed by atoms with Crippen molar-refractivity contribution in [3.8, 4) is 11.8 Å². The van der Waals surface area contributed by atoms with Crippen molar-refractivity contribution >= 4 is 40.3 Å². The van der Waals surface area contributed by atoms with Gasteiger partial charge in [0.25, 0.3) is 5.91 Å². The highest BCUT2D eigenvalue weighted by molar-refractivity contribution is 7.12. The van der Waals surface area contributed by atoms with Crippen molar-refractivity contribution in [2.24, 2.45) is 5.10 Å². The predicted molar refractivity (Wildman–Crippen MR) is 117 cm³/mol. The maximum atomic E-state index is 12.8. The van der Waals surface area contributed by atoms with Crippen molar-refractivity contribution in [1.82, 2.24) is 5.01 Å². The summed E-state index contributed by atoms with van der Waals surface area (Å²) >= 11 is 3.13. The standard InChI is InChI=1S/C22H17N3O4S2/c23-12-15-5-7-16(8-6-15)28-14-22(27)29-13-21(26)25-18(20-4-2-10-31-20)11-17(24-25)19-3-1-9-30-19/h1-10,18H,11,13-14H2. The van der Waals surface area contributed by atoms with E-state index in [0.717, 1.165) is 15.5 Å². The Morgan fingerprint density at radius 2 is 1.87 bits per heavy atom. The molecule has 0 spiro atoms. The number of benzene rings is 1. The molecule has 3 heterocycles. The van der Waals surface area contributed by atoms with Gasteiger partial charge in [0.1, 0.15) is 5.75 Å². The zero-order chi connectivity index (χ0) is 21.6. The maximum Gasteiger partial charge on any atom is 0.344 e. The molecule has 7 nitrogen and oxygen atoms in total. The van der Waals surface area contributed by atoms with Crippen LogP contribution in [0.25, 0.3) is 0 Å². The Hall–Kier alpha value is -3.48. The van der Waals surface area contributed by atoms with E-state index in [4.69, 9.17) is 14.7 Å². The summed E-state index contributed by atoms with van der Waals surface area (Å²) in [5.74, 6) is -0.617. The molecule has 1 aromatic carbocycles. The minimum Gasteiger partial charge on any atom is -0.482 e. The van der Waals surface area contributed by atoms with Gasteiger partial charge >= 0.3 is 5.97 Å². The van der Waals surface area contributed by atoms with Crippen molar-refractivity contribution in [3.05, 3.63) is 74.6 Å². The quantitative estimate of drug-likeness (QED) is 0.507. The summed E-state index contributed by atoms with van der Waals surface area (Å²) in [6.07, 6.45) is 0.614. The van der Waals surface area contributed by atoms with Gasteiger partial charge in [-0.05, 0) is 47.2 Å². The molecule has 0 N–H and O–H groups in total. The lowest BCUT2D eigenvalue weighted by molar-refractivity contribution is -0.154. The summed E-state index contributed by atoms with van der Waals surface area (Å²) in [6, 6.07) is 16.0. The van der Waals surface area contributed by atoms with Crippen molar-refractivity contribution < 1.29 is 19.1 Å². The largest absolute Gasteiger partial charge is 0.482 e. The minimum atomic E-state index is -0.660. The van der Waals surface area contributed by atoms with E-state index in [9.17, 15) is 9.59 Å². The van der Waals surface area contributed by atoms with Crippen LogP contribution in [0.1, 0.15) is 27.8 Å². The lowest BCUT2D eigenvalue weighted by Crippen LogP contribution is -2.31. The van der Waals surface area contributed by atoms with Crippen LogP contribution in [0.2, 0.25) is 0 Å². The third-order valence-corrected chi connectivity index (χ3v) is 6.43. The van der Waals surface area contributed by atoms with Crippen LogP contribution in [0.4, 0.5) is 0 Å². The fourth-order valence-corrected chi connectivity index (χ4v) is 4.59. The highest BCUT2D eigenvalue weighted by Crippen LogP contribution is 2.35. The van der Waals surface area contributed by atoms with E-state index in [-0.39, 0.29) is 12.6 Å². The van der Waals surface area contributed by atoms with Crippen molar-refractivity contribution in [1.29, 1.82) is 5.26 Å². The van der Waals surface area contributed by atoms with Gasteiger partial charge in [-0.25, -0.2) is 9.80 Å². The minimum absolute atomic E-state index is 0.210. The van der Waals surface area contributed by atoms with Gasteiger partial charge in [-0.2, -0.15) is 10.4 Å². The van der Waals surface area contributed by atoms with Crippen LogP contribution in [0.15, 0.2) is 64.4 Å². The van der Waals surface area contributed by atoms with Gasteiger partial charge < -0.3 is 9.47 Å². The number of carbonyl (C=O) groups is 2. The molecule has 0 aliphatic carbocycles. The molecule has 0 fully saturated rings. The number of rotatable bonds is 7. The monoisotopic (exact) mass is 451 g/mol. The first-order valence-corrected chi connectivity index (χ1v) is 11.2. The SMILES string of the molecule is N#Cc1ccc(OCC(=O)OCC(=O)N2N=C(c3cccs3)CC2c2cccs2)cc1. The summed E-state index contributed by atoms with van der Waals surface area (Å²) in [7, 11) is 0. The Labute approximate surface area is 186 Å². The highest BCUT2D eigenvalue weighted by atomic mass is 32.1. The summed E-state index contributed by atoms with van der Waals surface area (Å²) < 4.78 is 10.4. The summed E-state index contributed by atoms with van der Waals surface area (Å²) in [5, 5.41) is 18.7. The Kier molecular flexibility index (Phi) is 6.40. The fourth-order valence-electron chi connectivity index (χ4n) is 3.05. The number of amides is 1. The van der Waals surface area contributed by atoms with Gasteiger partial charge in [0.2, 0.25) is 0 Å². The molecule has 1 aliphatic heterocycles. The number of hydrogen-bond donors (Lipinski definition) is 0.